The van der Waals surface area contributed by atoms with Crippen LogP contribution in [0.15, 0.2) is 30.5 Å². The quantitative estimate of drug-likeness (QED) is 0.832. The van der Waals surface area contributed by atoms with Gasteiger partial charge in [0.2, 0.25) is 0 Å². The number of fused-ring (bicyclic) bond motifs is 1. The summed E-state index contributed by atoms with van der Waals surface area (Å²) in [7, 11) is 0. The summed E-state index contributed by atoms with van der Waals surface area (Å²) in [4.78, 5) is 4.35. The van der Waals surface area contributed by atoms with Gasteiger partial charge in [-0.05, 0) is 42.9 Å². The Balaban J connectivity index is 1.85. The van der Waals surface area contributed by atoms with Gasteiger partial charge in [0.1, 0.15) is 0 Å². The Morgan fingerprint density at radius 2 is 2.33 bits per heavy atom. The third kappa shape index (κ3) is 2.25. The van der Waals surface area contributed by atoms with Crippen LogP contribution in [-0.2, 0) is 0 Å². The Morgan fingerprint density at radius 1 is 1.39 bits per heavy atom. The molecule has 2 heterocycles. The van der Waals surface area contributed by atoms with Crippen LogP contribution in [0, 0.1) is 0 Å². The van der Waals surface area contributed by atoms with E-state index in [0.717, 1.165) is 34.1 Å². The summed E-state index contributed by atoms with van der Waals surface area (Å²) in [6.07, 6.45) is 4.46. The SMILES string of the molecule is Nc1ccc(NCC2CCCS2)c2cccnc12. The number of anilines is 2. The van der Waals surface area contributed by atoms with E-state index in [1.54, 1.807) is 6.20 Å². The summed E-state index contributed by atoms with van der Waals surface area (Å²) >= 11 is 2.07. The normalized spacial score (nSPS) is 19.2. The molecule has 94 valence electrons. The topological polar surface area (TPSA) is 50.9 Å². The van der Waals surface area contributed by atoms with Crippen LogP contribution in [0.1, 0.15) is 12.8 Å². The van der Waals surface area contributed by atoms with Crippen molar-refractivity contribution in [2.75, 3.05) is 23.3 Å². The number of pyridine rings is 1. The largest absolute Gasteiger partial charge is 0.397 e. The summed E-state index contributed by atoms with van der Waals surface area (Å²) in [5.74, 6) is 1.30. The lowest BCUT2D eigenvalue weighted by molar-refractivity contribution is 0.806. The minimum Gasteiger partial charge on any atom is -0.397 e. The second-order valence-corrected chi connectivity index (χ2v) is 6.03. The second kappa shape index (κ2) is 5.06. The monoisotopic (exact) mass is 259 g/mol. The van der Waals surface area contributed by atoms with E-state index in [9.17, 15) is 0 Å². The van der Waals surface area contributed by atoms with Gasteiger partial charge in [-0.15, -0.1) is 0 Å². The summed E-state index contributed by atoms with van der Waals surface area (Å²) in [6.45, 7) is 1.03. The van der Waals surface area contributed by atoms with Gasteiger partial charge >= 0.3 is 0 Å². The molecule has 0 bridgehead atoms. The van der Waals surface area contributed by atoms with Gasteiger partial charge in [-0.25, -0.2) is 0 Å². The number of nitrogens with two attached hydrogens (primary N) is 1. The highest BCUT2D eigenvalue weighted by atomic mass is 32.2. The van der Waals surface area contributed by atoms with E-state index in [1.807, 2.05) is 12.1 Å². The molecule has 4 heteroatoms. The van der Waals surface area contributed by atoms with Gasteiger partial charge in [0, 0.05) is 29.1 Å². The van der Waals surface area contributed by atoms with E-state index in [0.29, 0.717) is 0 Å². The molecule has 1 unspecified atom stereocenters. The standard InChI is InChI=1S/C14H17N3S/c15-12-5-6-13(11-4-1-7-16-14(11)12)17-9-10-3-2-8-18-10/h1,4-7,10,17H,2-3,8-9,15H2. The Morgan fingerprint density at radius 3 is 3.17 bits per heavy atom. The van der Waals surface area contributed by atoms with Gasteiger partial charge in [0.05, 0.1) is 11.2 Å². The minimum absolute atomic E-state index is 0.742. The number of hydrogen-bond acceptors (Lipinski definition) is 4. The molecule has 0 spiro atoms. The van der Waals surface area contributed by atoms with Crippen molar-refractivity contribution in [2.24, 2.45) is 0 Å². The van der Waals surface area contributed by atoms with Gasteiger partial charge in [0.15, 0.2) is 0 Å². The predicted octanol–water partition coefficient (Wildman–Crippen LogP) is 3.12. The maximum Gasteiger partial charge on any atom is 0.0951 e. The lowest BCUT2D eigenvalue weighted by Gasteiger charge is -2.13. The maximum atomic E-state index is 5.95. The molecule has 3 nitrogen and oxygen atoms in total. The number of thioether (sulfide) groups is 1. The molecule has 1 fully saturated rings. The fourth-order valence-corrected chi connectivity index (χ4v) is 3.58. The number of benzene rings is 1. The minimum atomic E-state index is 0.742. The lowest BCUT2D eigenvalue weighted by Crippen LogP contribution is -2.13. The third-order valence-corrected chi connectivity index (χ3v) is 4.74. The molecule has 0 amide bonds. The van der Waals surface area contributed by atoms with Crippen molar-refractivity contribution in [2.45, 2.75) is 18.1 Å². The van der Waals surface area contributed by atoms with Crippen LogP contribution in [-0.4, -0.2) is 22.5 Å². The van der Waals surface area contributed by atoms with Crippen molar-refractivity contribution >= 4 is 34.0 Å². The highest BCUT2D eigenvalue weighted by molar-refractivity contribution is 8.00. The first-order valence-corrected chi connectivity index (χ1v) is 7.38. The average Bonchev–Trinajstić information content (AvgIpc) is 2.92. The molecule has 1 aliphatic heterocycles. The number of nitrogen functional groups attached to an aromatic ring is 1. The van der Waals surface area contributed by atoms with Crippen molar-refractivity contribution < 1.29 is 0 Å². The van der Waals surface area contributed by atoms with Crippen LogP contribution in [0.25, 0.3) is 10.9 Å². The first-order chi connectivity index (χ1) is 8.84. The molecule has 0 radical (unpaired) electrons. The average molecular weight is 259 g/mol. The molecule has 18 heavy (non-hydrogen) atoms. The molecule has 3 N–H and O–H groups in total. The Kier molecular flexibility index (Phi) is 3.28. The number of rotatable bonds is 3. The molecule has 1 saturated heterocycles. The number of aromatic nitrogens is 1. The predicted molar refractivity (Wildman–Crippen MR) is 80.1 cm³/mol. The van der Waals surface area contributed by atoms with E-state index in [4.69, 9.17) is 5.73 Å². The van der Waals surface area contributed by atoms with E-state index < -0.39 is 0 Å². The number of nitrogens with zero attached hydrogens (tertiary/aromatic N) is 1. The molecule has 0 saturated carbocycles. The van der Waals surface area contributed by atoms with E-state index >= 15 is 0 Å². The van der Waals surface area contributed by atoms with Gasteiger partial charge in [-0.2, -0.15) is 11.8 Å². The molecular weight excluding hydrogens is 242 g/mol. The number of hydrogen-bond donors (Lipinski definition) is 2. The van der Waals surface area contributed by atoms with Gasteiger partial charge in [-0.3, -0.25) is 4.98 Å². The van der Waals surface area contributed by atoms with Crippen LogP contribution in [0.3, 0.4) is 0 Å². The zero-order valence-electron chi connectivity index (χ0n) is 10.2. The van der Waals surface area contributed by atoms with E-state index in [1.165, 1.54) is 18.6 Å². The van der Waals surface area contributed by atoms with Gasteiger partial charge in [0.25, 0.3) is 0 Å². The van der Waals surface area contributed by atoms with Crippen LogP contribution < -0.4 is 11.1 Å². The molecule has 3 rings (SSSR count). The van der Waals surface area contributed by atoms with Gasteiger partial charge < -0.3 is 11.1 Å². The fraction of sp³-hybridized carbons (Fsp3) is 0.357. The van der Waals surface area contributed by atoms with Crippen molar-refractivity contribution in [1.82, 2.24) is 4.98 Å². The van der Waals surface area contributed by atoms with Gasteiger partial charge in [-0.1, -0.05) is 0 Å². The first kappa shape index (κ1) is 11.7. The molecule has 1 aromatic carbocycles. The van der Waals surface area contributed by atoms with Crippen molar-refractivity contribution in [3.8, 4) is 0 Å². The zero-order valence-corrected chi connectivity index (χ0v) is 11.0. The lowest BCUT2D eigenvalue weighted by atomic mass is 10.1. The molecule has 1 atom stereocenters. The molecule has 0 aliphatic carbocycles. The number of nitrogens with one attached hydrogen (secondary N) is 1. The Bertz CT molecular complexity index is 550. The Hall–Kier alpha value is -1.42. The van der Waals surface area contributed by atoms with Crippen LogP contribution >= 0.6 is 11.8 Å². The third-order valence-electron chi connectivity index (χ3n) is 3.35. The van der Waals surface area contributed by atoms with Crippen molar-refractivity contribution in [1.29, 1.82) is 0 Å². The van der Waals surface area contributed by atoms with Crippen molar-refractivity contribution in [3.63, 3.8) is 0 Å². The van der Waals surface area contributed by atoms with E-state index in [2.05, 4.69) is 34.2 Å². The zero-order chi connectivity index (χ0) is 12.4. The van der Waals surface area contributed by atoms with Crippen LogP contribution in [0.2, 0.25) is 0 Å². The second-order valence-electron chi connectivity index (χ2n) is 4.62. The fourth-order valence-electron chi connectivity index (χ4n) is 2.38. The highest BCUT2D eigenvalue weighted by Crippen LogP contribution is 2.29. The van der Waals surface area contributed by atoms with Crippen molar-refractivity contribution in [3.05, 3.63) is 30.5 Å². The molecule has 1 aliphatic rings. The molecular formula is C14H17N3S. The van der Waals surface area contributed by atoms with Crippen LogP contribution in [0.4, 0.5) is 11.4 Å². The summed E-state index contributed by atoms with van der Waals surface area (Å²) < 4.78 is 0. The Labute approximate surface area is 111 Å². The maximum absolute atomic E-state index is 5.95. The summed E-state index contributed by atoms with van der Waals surface area (Å²) in [5.41, 5.74) is 8.72. The first-order valence-electron chi connectivity index (χ1n) is 6.33. The summed E-state index contributed by atoms with van der Waals surface area (Å²) in [6, 6.07) is 8.01. The summed E-state index contributed by atoms with van der Waals surface area (Å²) in [5, 5.41) is 5.40. The smallest absolute Gasteiger partial charge is 0.0951 e. The van der Waals surface area contributed by atoms with Crippen LogP contribution in [0.5, 0.6) is 0 Å². The molecule has 2 aromatic rings. The highest BCUT2D eigenvalue weighted by Gasteiger charge is 2.15. The van der Waals surface area contributed by atoms with E-state index in [-0.39, 0.29) is 0 Å². The molecule has 1 aromatic heterocycles.